The van der Waals surface area contributed by atoms with Gasteiger partial charge < -0.3 is 14.8 Å². The van der Waals surface area contributed by atoms with Gasteiger partial charge >= 0.3 is 0 Å². The Balaban J connectivity index is 1.75. The van der Waals surface area contributed by atoms with Crippen molar-refractivity contribution in [3.63, 3.8) is 0 Å². The average molecular weight is 327 g/mol. The molecule has 0 saturated heterocycles. The molecule has 4 nitrogen and oxygen atoms in total. The topological polar surface area (TPSA) is 62.5 Å². The third kappa shape index (κ3) is 3.16. The van der Waals surface area contributed by atoms with Crippen molar-refractivity contribution in [1.29, 1.82) is 0 Å². The van der Waals surface area contributed by atoms with Gasteiger partial charge in [0.2, 0.25) is 0 Å². The minimum Gasteiger partial charge on any atom is -0.451 e. The molecule has 0 aliphatic carbocycles. The highest BCUT2D eigenvalue weighted by Crippen LogP contribution is 2.23. The monoisotopic (exact) mass is 327 g/mol. The number of rotatable bonds is 4. The molecule has 0 bridgehead atoms. The van der Waals surface area contributed by atoms with Crippen LogP contribution in [0.15, 0.2) is 40.8 Å². The van der Waals surface area contributed by atoms with Crippen molar-refractivity contribution in [3.05, 3.63) is 70.2 Å². The van der Waals surface area contributed by atoms with Gasteiger partial charge in [-0.05, 0) is 60.9 Å². The number of furan rings is 1. The van der Waals surface area contributed by atoms with Crippen molar-refractivity contribution in [2.24, 2.45) is 0 Å². The number of carbonyl (C=O) groups is 1. The Labute approximate surface area is 138 Å². The summed E-state index contributed by atoms with van der Waals surface area (Å²) in [7, 11) is 0. The van der Waals surface area contributed by atoms with Gasteiger partial charge in [0.25, 0.3) is 5.91 Å². The third-order valence-electron chi connectivity index (χ3n) is 4.09. The van der Waals surface area contributed by atoms with E-state index < -0.39 is 5.82 Å². The zero-order valence-electron chi connectivity index (χ0n) is 13.5. The van der Waals surface area contributed by atoms with Crippen molar-refractivity contribution in [2.75, 3.05) is 0 Å². The zero-order valence-corrected chi connectivity index (χ0v) is 13.5. The van der Waals surface area contributed by atoms with Crippen LogP contribution < -0.4 is 5.32 Å². The number of hydrogen-bond donors (Lipinski definition) is 2. The van der Waals surface area contributed by atoms with E-state index in [9.17, 15) is 9.18 Å². The summed E-state index contributed by atoms with van der Waals surface area (Å²) in [4.78, 5) is 12.3. The molecule has 0 radical (unpaired) electrons. The molecule has 0 saturated carbocycles. The van der Waals surface area contributed by atoms with Crippen molar-refractivity contribution < 1.29 is 18.7 Å². The van der Waals surface area contributed by atoms with Crippen LogP contribution in [0.2, 0.25) is 0 Å². The Bertz CT molecular complexity index is 875. The predicted octanol–water partition coefficient (Wildman–Crippen LogP) is 3.61. The highest BCUT2D eigenvalue weighted by molar-refractivity contribution is 5.96. The van der Waals surface area contributed by atoms with E-state index in [0.717, 1.165) is 16.5 Å². The molecule has 5 heteroatoms. The summed E-state index contributed by atoms with van der Waals surface area (Å²) in [6.07, 6.45) is 0. The van der Waals surface area contributed by atoms with E-state index in [1.54, 1.807) is 12.1 Å². The maximum absolute atomic E-state index is 13.4. The van der Waals surface area contributed by atoms with E-state index in [2.05, 4.69) is 5.32 Å². The van der Waals surface area contributed by atoms with E-state index >= 15 is 0 Å². The van der Waals surface area contributed by atoms with Crippen molar-refractivity contribution in [2.45, 2.75) is 27.0 Å². The first-order valence-corrected chi connectivity index (χ1v) is 7.65. The molecule has 0 aliphatic rings. The van der Waals surface area contributed by atoms with Gasteiger partial charge in [-0.1, -0.05) is 6.07 Å². The standard InChI is InChI=1S/C19H18FNO3/c1-11-5-14-8-18(24-17(14)6-12(11)2)19(23)21-9-13-3-4-16(20)15(7-13)10-22/h3-8,22H,9-10H2,1-2H3,(H,21,23). The molecule has 1 aromatic heterocycles. The van der Waals surface area contributed by atoms with Crippen LogP contribution in [0, 0.1) is 19.7 Å². The van der Waals surface area contributed by atoms with Crippen LogP contribution >= 0.6 is 0 Å². The molecule has 1 heterocycles. The van der Waals surface area contributed by atoms with E-state index in [0.29, 0.717) is 11.1 Å². The summed E-state index contributed by atoms with van der Waals surface area (Å²) < 4.78 is 19.0. The maximum Gasteiger partial charge on any atom is 0.287 e. The molecule has 2 aromatic carbocycles. The normalized spacial score (nSPS) is 11.0. The molecule has 0 spiro atoms. The number of carbonyl (C=O) groups excluding carboxylic acids is 1. The molecular formula is C19H18FNO3. The molecule has 24 heavy (non-hydrogen) atoms. The van der Waals surface area contributed by atoms with Crippen LogP contribution in [0.25, 0.3) is 11.0 Å². The summed E-state index contributed by atoms with van der Waals surface area (Å²) >= 11 is 0. The Hall–Kier alpha value is -2.66. The molecular weight excluding hydrogens is 309 g/mol. The largest absolute Gasteiger partial charge is 0.451 e. The Morgan fingerprint density at radius 1 is 1.17 bits per heavy atom. The molecule has 3 aromatic rings. The predicted molar refractivity (Wildman–Crippen MR) is 89.2 cm³/mol. The highest BCUT2D eigenvalue weighted by atomic mass is 19.1. The number of aliphatic hydroxyl groups is 1. The second-order valence-electron chi connectivity index (χ2n) is 5.85. The van der Waals surface area contributed by atoms with Gasteiger partial charge in [-0.15, -0.1) is 0 Å². The maximum atomic E-state index is 13.4. The Morgan fingerprint density at radius 2 is 1.92 bits per heavy atom. The number of nitrogens with one attached hydrogen (secondary N) is 1. The van der Waals surface area contributed by atoms with Crippen LogP contribution in [-0.4, -0.2) is 11.0 Å². The zero-order chi connectivity index (χ0) is 17.3. The van der Waals surface area contributed by atoms with Crippen LogP contribution in [0.1, 0.15) is 32.8 Å². The quantitative estimate of drug-likeness (QED) is 0.769. The highest BCUT2D eigenvalue weighted by Gasteiger charge is 2.13. The first kappa shape index (κ1) is 16.2. The fourth-order valence-electron chi connectivity index (χ4n) is 2.54. The van der Waals surface area contributed by atoms with Gasteiger partial charge in [-0.25, -0.2) is 4.39 Å². The van der Waals surface area contributed by atoms with Gasteiger partial charge in [-0.2, -0.15) is 0 Å². The number of aliphatic hydroxyl groups excluding tert-OH is 1. The second kappa shape index (κ2) is 6.45. The average Bonchev–Trinajstić information content (AvgIpc) is 2.97. The lowest BCUT2D eigenvalue weighted by atomic mass is 10.1. The number of hydrogen-bond acceptors (Lipinski definition) is 3. The molecule has 0 fully saturated rings. The van der Waals surface area contributed by atoms with Gasteiger partial charge in [-0.3, -0.25) is 4.79 Å². The Kier molecular flexibility index (Phi) is 4.36. The lowest BCUT2D eigenvalue weighted by Crippen LogP contribution is -2.22. The fraction of sp³-hybridized carbons (Fsp3) is 0.211. The minimum absolute atomic E-state index is 0.205. The Morgan fingerprint density at radius 3 is 2.67 bits per heavy atom. The fourth-order valence-corrected chi connectivity index (χ4v) is 2.54. The van der Waals surface area contributed by atoms with E-state index in [1.807, 2.05) is 26.0 Å². The van der Waals surface area contributed by atoms with Gasteiger partial charge in [0.1, 0.15) is 11.4 Å². The lowest BCUT2D eigenvalue weighted by Gasteiger charge is -2.06. The molecule has 0 aliphatic heterocycles. The summed E-state index contributed by atoms with van der Waals surface area (Å²) in [5.74, 6) is -0.563. The second-order valence-corrected chi connectivity index (χ2v) is 5.85. The minimum atomic E-state index is -0.462. The summed E-state index contributed by atoms with van der Waals surface area (Å²) in [5.41, 5.74) is 3.82. The van der Waals surface area contributed by atoms with E-state index in [4.69, 9.17) is 9.52 Å². The van der Waals surface area contributed by atoms with Crippen LogP contribution in [0.3, 0.4) is 0 Å². The number of benzene rings is 2. The number of amides is 1. The third-order valence-corrected chi connectivity index (χ3v) is 4.09. The molecule has 0 unspecified atom stereocenters. The van der Waals surface area contributed by atoms with Crippen molar-refractivity contribution >= 4 is 16.9 Å². The molecule has 124 valence electrons. The summed E-state index contributed by atoms with van der Waals surface area (Å²) in [6, 6.07) is 9.98. The molecule has 1 amide bonds. The number of aryl methyl sites for hydroxylation is 2. The number of fused-ring (bicyclic) bond motifs is 1. The first-order valence-electron chi connectivity index (χ1n) is 7.65. The summed E-state index contributed by atoms with van der Waals surface area (Å²) in [6.45, 7) is 3.84. The van der Waals surface area contributed by atoms with E-state index in [-0.39, 0.29) is 30.4 Å². The van der Waals surface area contributed by atoms with Crippen LogP contribution in [0.5, 0.6) is 0 Å². The van der Waals surface area contributed by atoms with E-state index in [1.165, 1.54) is 12.1 Å². The van der Waals surface area contributed by atoms with Gasteiger partial charge in [0, 0.05) is 17.5 Å². The van der Waals surface area contributed by atoms with Gasteiger partial charge in [0.15, 0.2) is 5.76 Å². The SMILES string of the molecule is Cc1cc2cc(C(=O)NCc3ccc(F)c(CO)c3)oc2cc1C. The smallest absolute Gasteiger partial charge is 0.287 e. The lowest BCUT2D eigenvalue weighted by molar-refractivity contribution is 0.0925. The molecule has 2 N–H and O–H groups in total. The van der Waals surface area contributed by atoms with Gasteiger partial charge in [0.05, 0.1) is 6.61 Å². The van der Waals surface area contributed by atoms with Crippen molar-refractivity contribution in [3.8, 4) is 0 Å². The molecule has 0 atom stereocenters. The summed E-state index contributed by atoms with van der Waals surface area (Å²) in [5, 5.41) is 12.7. The molecule has 3 rings (SSSR count). The van der Waals surface area contributed by atoms with Crippen molar-refractivity contribution in [1.82, 2.24) is 5.32 Å². The number of halogens is 1. The van der Waals surface area contributed by atoms with Crippen LogP contribution in [-0.2, 0) is 13.2 Å². The first-order chi connectivity index (χ1) is 11.5. The van der Waals surface area contributed by atoms with Crippen LogP contribution in [0.4, 0.5) is 4.39 Å².